The van der Waals surface area contributed by atoms with Crippen molar-refractivity contribution < 1.29 is 0 Å². The molecular formula is C15H18Si2. The summed E-state index contributed by atoms with van der Waals surface area (Å²) in [5.74, 6) is 0. The first-order valence-corrected chi connectivity index (χ1v) is 11.3. The van der Waals surface area contributed by atoms with Gasteiger partial charge in [0.05, 0.1) is 0 Å². The summed E-state index contributed by atoms with van der Waals surface area (Å²) in [6.07, 6.45) is 11.0. The van der Waals surface area contributed by atoms with E-state index in [1.165, 1.54) is 5.19 Å². The van der Waals surface area contributed by atoms with Crippen LogP contribution in [0.5, 0.6) is 0 Å². The van der Waals surface area contributed by atoms with Gasteiger partial charge in [0.25, 0.3) is 0 Å². The van der Waals surface area contributed by atoms with Gasteiger partial charge in [-0.25, -0.2) is 0 Å². The predicted molar refractivity (Wildman–Crippen MR) is 82.0 cm³/mol. The third kappa shape index (κ3) is 3.49. The van der Waals surface area contributed by atoms with Crippen molar-refractivity contribution in [1.29, 1.82) is 0 Å². The average Bonchev–Trinajstić information content (AvgIpc) is 2.37. The number of terminal acetylenes is 2. The lowest BCUT2D eigenvalue weighted by Crippen LogP contribution is -2.40. The topological polar surface area (TPSA) is 0 Å². The summed E-state index contributed by atoms with van der Waals surface area (Å²) in [5, 5.41) is 1.40. The van der Waals surface area contributed by atoms with E-state index in [0.29, 0.717) is 0 Å². The van der Waals surface area contributed by atoms with Gasteiger partial charge in [0, 0.05) is 0 Å². The molecule has 0 nitrogen and oxygen atoms in total. The van der Waals surface area contributed by atoms with Gasteiger partial charge in [0.15, 0.2) is 0 Å². The standard InChI is InChI=1S/C15H18Si2/c1-6-17(5,7-2)14-13-16(3,4)15-11-9-8-10-12-15/h1-2,8-14H,3-5H3/b14-13+. The van der Waals surface area contributed by atoms with Crippen LogP contribution in [0.1, 0.15) is 0 Å². The third-order valence-corrected chi connectivity index (χ3v) is 8.14. The fourth-order valence-corrected chi connectivity index (χ4v) is 6.00. The number of hydrogen-bond donors (Lipinski definition) is 0. The highest BCUT2D eigenvalue weighted by molar-refractivity contribution is 7.00. The van der Waals surface area contributed by atoms with Gasteiger partial charge in [-0.05, 0) is 6.55 Å². The molecule has 0 fully saturated rings. The zero-order valence-corrected chi connectivity index (χ0v) is 12.7. The molecule has 0 aliphatic carbocycles. The van der Waals surface area contributed by atoms with Crippen LogP contribution in [0.3, 0.4) is 0 Å². The van der Waals surface area contributed by atoms with Crippen molar-refractivity contribution in [3.63, 3.8) is 0 Å². The van der Waals surface area contributed by atoms with Gasteiger partial charge >= 0.3 is 0 Å². The third-order valence-electron chi connectivity index (χ3n) is 2.95. The van der Waals surface area contributed by atoms with Crippen molar-refractivity contribution in [1.82, 2.24) is 0 Å². The number of hydrogen-bond acceptors (Lipinski definition) is 0. The molecule has 0 aliphatic rings. The Kier molecular flexibility index (Phi) is 4.18. The van der Waals surface area contributed by atoms with Crippen molar-refractivity contribution in [2.45, 2.75) is 19.6 Å². The van der Waals surface area contributed by atoms with Crippen LogP contribution in [0.2, 0.25) is 19.6 Å². The molecule has 0 heterocycles. The molecule has 0 N–H and O–H groups in total. The normalized spacial score (nSPS) is 12.1. The second kappa shape index (κ2) is 5.23. The van der Waals surface area contributed by atoms with Crippen molar-refractivity contribution in [2.24, 2.45) is 0 Å². The van der Waals surface area contributed by atoms with Gasteiger partial charge < -0.3 is 0 Å². The average molecular weight is 254 g/mol. The molecule has 0 spiro atoms. The van der Waals surface area contributed by atoms with Crippen molar-refractivity contribution in [2.75, 3.05) is 0 Å². The molecule has 1 aromatic carbocycles. The maximum atomic E-state index is 5.52. The molecule has 0 unspecified atom stereocenters. The molecule has 0 saturated carbocycles. The highest BCUT2D eigenvalue weighted by atomic mass is 28.3. The summed E-state index contributed by atoms with van der Waals surface area (Å²) in [6.45, 7) is 6.64. The van der Waals surface area contributed by atoms with Gasteiger partial charge in [0.1, 0.15) is 8.07 Å². The molecule has 0 aromatic heterocycles. The Morgan fingerprint density at radius 1 is 0.941 bits per heavy atom. The van der Waals surface area contributed by atoms with E-state index < -0.39 is 16.1 Å². The Bertz CT molecular complexity index is 470. The van der Waals surface area contributed by atoms with E-state index in [0.717, 1.165) is 0 Å². The molecule has 0 aliphatic heterocycles. The zero-order chi connectivity index (χ0) is 12.9. The number of benzene rings is 1. The second-order valence-corrected chi connectivity index (χ2v) is 12.6. The highest BCUT2D eigenvalue weighted by Crippen LogP contribution is 2.09. The van der Waals surface area contributed by atoms with Crippen molar-refractivity contribution in [3.05, 3.63) is 41.7 Å². The van der Waals surface area contributed by atoms with E-state index in [1.54, 1.807) is 0 Å². The fourth-order valence-electron chi connectivity index (χ4n) is 1.48. The zero-order valence-electron chi connectivity index (χ0n) is 10.7. The van der Waals surface area contributed by atoms with Crippen LogP contribution in [-0.2, 0) is 0 Å². The van der Waals surface area contributed by atoms with Crippen LogP contribution in [0.15, 0.2) is 41.7 Å². The predicted octanol–water partition coefficient (Wildman–Crippen LogP) is 2.66. The number of rotatable bonds is 3. The molecule has 17 heavy (non-hydrogen) atoms. The van der Waals surface area contributed by atoms with E-state index in [2.05, 4.69) is 59.8 Å². The maximum Gasteiger partial charge on any atom is 0.234 e. The van der Waals surface area contributed by atoms with Gasteiger partial charge in [-0.15, -0.1) is 23.9 Å². The molecular weight excluding hydrogens is 236 g/mol. The van der Waals surface area contributed by atoms with Crippen molar-refractivity contribution in [3.8, 4) is 23.9 Å². The van der Waals surface area contributed by atoms with Crippen LogP contribution >= 0.6 is 0 Å². The minimum Gasteiger partial charge on any atom is -0.126 e. The van der Waals surface area contributed by atoms with Crippen LogP contribution < -0.4 is 5.19 Å². The Morgan fingerprint density at radius 3 is 1.94 bits per heavy atom. The monoisotopic (exact) mass is 254 g/mol. The minimum atomic E-state index is -2.03. The van der Waals surface area contributed by atoms with E-state index in [1.807, 2.05) is 12.6 Å². The largest absolute Gasteiger partial charge is 0.234 e. The second-order valence-electron chi connectivity index (χ2n) is 4.91. The SMILES string of the molecule is C#C[Si](C)(C#C)/C=C/[Si](C)(C)c1ccccc1. The Balaban J connectivity index is 3.00. The van der Waals surface area contributed by atoms with Crippen LogP contribution in [0.25, 0.3) is 0 Å². The highest BCUT2D eigenvalue weighted by Gasteiger charge is 2.23. The molecule has 2 heteroatoms. The summed E-state index contributed by atoms with van der Waals surface area (Å²) in [4.78, 5) is 0. The summed E-state index contributed by atoms with van der Waals surface area (Å²) < 4.78 is 0. The first-order valence-electron chi connectivity index (χ1n) is 5.65. The molecule has 0 amide bonds. The van der Waals surface area contributed by atoms with Crippen LogP contribution in [-0.4, -0.2) is 16.1 Å². The summed E-state index contributed by atoms with van der Waals surface area (Å²) >= 11 is 0. The molecule has 1 aromatic rings. The Morgan fingerprint density at radius 2 is 1.47 bits per heavy atom. The molecule has 86 valence electrons. The first kappa shape index (κ1) is 13.6. The smallest absolute Gasteiger partial charge is 0.126 e. The maximum absolute atomic E-state index is 5.52. The van der Waals surface area contributed by atoms with Gasteiger partial charge in [-0.3, -0.25) is 0 Å². The minimum absolute atomic E-state index is 1.40. The Labute approximate surface area is 107 Å². The van der Waals surface area contributed by atoms with E-state index >= 15 is 0 Å². The molecule has 0 radical (unpaired) electrons. The lowest BCUT2D eigenvalue weighted by Gasteiger charge is -2.19. The van der Waals surface area contributed by atoms with Gasteiger partial charge in [-0.2, -0.15) is 0 Å². The van der Waals surface area contributed by atoms with E-state index in [4.69, 9.17) is 12.8 Å². The summed E-state index contributed by atoms with van der Waals surface area (Å²) in [5.41, 5.74) is 10.00. The first-order chi connectivity index (χ1) is 7.93. The van der Waals surface area contributed by atoms with E-state index in [9.17, 15) is 0 Å². The molecule has 0 bridgehead atoms. The molecule has 0 saturated heterocycles. The van der Waals surface area contributed by atoms with Gasteiger partial charge in [-0.1, -0.05) is 60.0 Å². The van der Waals surface area contributed by atoms with Crippen LogP contribution in [0.4, 0.5) is 0 Å². The lowest BCUT2D eigenvalue weighted by molar-refractivity contribution is 1.71. The van der Waals surface area contributed by atoms with E-state index in [-0.39, 0.29) is 0 Å². The Hall–Kier alpha value is -1.49. The van der Waals surface area contributed by atoms with Crippen molar-refractivity contribution >= 4 is 21.3 Å². The fraction of sp³-hybridized carbons (Fsp3) is 0.200. The summed E-state index contributed by atoms with van der Waals surface area (Å²) in [6, 6.07) is 10.6. The summed E-state index contributed by atoms with van der Waals surface area (Å²) in [7, 11) is -3.59. The van der Waals surface area contributed by atoms with Crippen LogP contribution in [0, 0.1) is 23.9 Å². The quantitative estimate of drug-likeness (QED) is 0.575. The van der Waals surface area contributed by atoms with Gasteiger partial charge in [0.2, 0.25) is 8.07 Å². The molecule has 1 rings (SSSR count). The lowest BCUT2D eigenvalue weighted by atomic mass is 10.4. The molecule has 0 atom stereocenters.